The van der Waals surface area contributed by atoms with Gasteiger partial charge in [0.1, 0.15) is 12.6 Å². The van der Waals surface area contributed by atoms with Gasteiger partial charge in [0, 0.05) is 12.8 Å². The lowest BCUT2D eigenvalue weighted by atomic mass is 10.1. The molecular formula is C42H78NO10P. The van der Waals surface area contributed by atoms with Crippen molar-refractivity contribution in [2.45, 2.75) is 206 Å². The van der Waals surface area contributed by atoms with Gasteiger partial charge in [-0.15, -0.1) is 0 Å². The summed E-state index contributed by atoms with van der Waals surface area (Å²) in [5.41, 5.74) is 5.33. The van der Waals surface area contributed by atoms with Crippen LogP contribution in [0.3, 0.4) is 0 Å². The van der Waals surface area contributed by atoms with E-state index in [0.29, 0.717) is 12.8 Å². The zero-order valence-electron chi connectivity index (χ0n) is 34.1. The summed E-state index contributed by atoms with van der Waals surface area (Å²) >= 11 is 0. The Balaban J connectivity index is 4.40. The molecule has 11 nitrogen and oxygen atoms in total. The van der Waals surface area contributed by atoms with Gasteiger partial charge in [0.2, 0.25) is 0 Å². The SMILES string of the molecule is CCCCCCCC/C=C\CCCCCCCC(=O)OC[C@@H](COP(=O)(O)OC[C@H](N)C(=O)O)OC(=O)CCCCCCC/C=C\CCCCCCCC. The summed E-state index contributed by atoms with van der Waals surface area (Å²) in [4.78, 5) is 45.9. The van der Waals surface area contributed by atoms with Crippen LogP contribution in [-0.2, 0) is 37.5 Å². The van der Waals surface area contributed by atoms with Gasteiger partial charge < -0.3 is 25.2 Å². The maximum absolute atomic E-state index is 12.6. The van der Waals surface area contributed by atoms with Crippen LogP contribution < -0.4 is 5.73 Å². The summed E-state index contributed by atoms with van der Waals surface area (Å²) in [7, 11) is -4.71. The number of ether oxygens (including phenoxy) is 2. The molecule has 12 heteroatoms. The van der Waals surface area contributed by atoms with Crippen molar-refractivity contribution in [3.63, 3.8) is 0 Å². The molecule has 0 rings (SSSR count). The lowest BCUT2D eigenvalue weighted by Crippen LogP contribution is -2.34. The molecule has 0 fully saturated rings. The number of rotatable bonds is 40. The van der Waals surface area contributed by atoms with Crippen LogP contribution in [0.2, 0.25) is 0 Å². The first-order valence-electron chi connectivity index (χ1n) is 21.4. The standard InChI is InChI=1S/C42H78NO10P/c1-3-5-7-9-11-13-15-17-19-21-23-25-27-29-31-33-40(44)50-35-38(36-51-54(48,49)52-37-39(43)42(46)47)53-41(45)34-32-30-28-26-24-22-20-18-16-14-12-10-8-6-4-2/h17-20,38-39H,3-16,21-37,43H2,1-2H3,(H,46,47)(H,48,49)/b19-17-,20-18-/t38-,39-/m0/s1. The third-order valence-corrected chi connectivity index (χ3v) is 10.1. The maximum atomic E-state index is 12.6. The van der Waals surface area contributed by atoms with E-state index < -0.39 is 51.1 Å². The quantitative estimate of drug-likeness (QED) is 0.0233. The number of phosphoric ester groups is 1. The van der Waals surface area contributed by atoms with Crippen LogP contribution in [-0.4, -0.2) is 59.9 Å². The molecule has 0 amide bonds. The van der Waals surface area contributed by atoms with Crippen LogP contribution >= 0.6 is 7.82 Å². The van der Waals surface area contributed by atoms with E-state index in [0.717, 1.165) is 77.0 Å². The molecule has 0 radical (unpaired) electrons. The molecule has 0 aliphatic carbocycles. The highest BCUT2D eigenvalue weighted by atomic mass is 31.2. The van der Waals surface area contributed by atoms with E-state index >= 15 is 0 Å². The highest BCUT2D eigenvalue weighted by Crippen LogP contribution is 2.43. The zero-order chi connectivity index (χ0) is 40.0. The molecule has 1 unspecified atom stereocenters. The van der Waals surface area contributed by atoms with Crippen molar-refractivity contribution in [1.29, 1.82) is 0 Å². The number of carboxylic acids is 1. The van der Waals surface area contributed by atoms with Crippen molar-refractivity contribution in [2.24, 2.45) is 5.73 Å². The first-order chi connectivity index (χ1) is 26.1. The fourth-order valence-corrected chi connectivity index (χ4v) is 6.54. The first-order valence-corrected chi connectivity index (χ1v) is 22.9. The number of unbranched alkanes of at least 4 members (excludes halogenated alkanes) is 22. The van der Waals surface area contributed by atoms with Gasteiger partial charge in [-0.1, -0.05) is 141 Å². The Kier molecular flexibility index (Phi) is 36.4. The number of esters is 2. The van der Waals surface area contributed by atoms with Gasteiger partial charge in [-0.3, -0.25) is 23.4 Å². The normalized spacial score (nSPS) is 14.0. The van der Waals surface area contributed by atoms with Gasteiger partial charge in [0.25, 0.3) is 0 Å². The van der Waals surface area contributed by atoms with Crippen molar-refractivity contribution in [3.05, 3.63) is 24.3 Å². The van der Waals surface area contributed by atoms with Crippen LogP contribution in [0.1, 0.15) is 194 Å². The minimum Gasteiger partial charge on any atom is -0.480 e. The second kappa shape index (κ2) is 37.9. The van der Waals surface area contributed by atoms with Gasteiger partial charge >= 0.3 is 25.7 Å². The lowest BCUT2D eigenvalue weighted by Gasteiger charge is -2.20. The predicted octanol–water partition coefficient (Wildman–Crippen LogP) is 11.1. The van der Waals surface area contributed by atoms with E-state index in [1.807, 2.05) is 0 Å². The summed E-state index contributed by atoms with van der Waals surface area (Å²) in [5.74, 6) is -2.39. The Morgan fingerprint density at radius 2 is 0.926 bits per heavy atom. The Morgan fingerprint density at radius 1 is 0.556 bits per heavy atom. The van der Waals surface area contributed by atoms with E-state index in [2.05, 4.69) is 42.7 Å². The number of hydrogen-bond acceptors (Lipinski definition) is 9. The molecule has 0 saturated carbocycles. The second-order valence-corrected chi connectivity index (χ2v) is 15.9. The van der Waals surface area contributed by atoms with Gasteiger partial charge in [0.05, 0.1) is 13.2 Å². The molecule has 3 atom stereocenters. The number of phosphoric acid groups is 1. The maximum Gasteiger partial charge on any atom is 0.472 e. The minimum absolute atomic E-state index is 0.151. The monoisotopic (exact) mass is 788 g/mol. The fraction of sp³-hybridized carbons (Fsp3) is 0.833. The number of aliphatic carboxylic acids is 1. The van der Waals surface area contributed by atoms with E-state index in [4.69, 9.17) is 24.8 Å². The first kappa shape index (κ1) is 52.0. The van der Waals surface area contributed by atoms with E-state index in [-0.39, 0.29) is 19.4 Å². The lowest BCUT2D eigenvalue weighted by molar-refractivity contribution is -0.161. The van der Waals surface area contributed by atoms with Crippen molar-refractivity contribution in [3.8, 4) is 0 Å². The van der Waals surface area contributed by atoms with Crippen molar-refractivity contribution in [1.82, 2.24) is 0 Å². The van der Waals surface area contributed by atoms with Gasteiger partial charge in [-0.05, 0) is 64.2 Å². The van der Waals surface area contributed by atoms with Crippen LogP contribution in [0, 0.1) is 0 Å². The van der Waals surface area contributed by atoms with E-state index in [9.17, 15) is 23.8 Å². The number of carbonyl (C=O) groups excluding carboxylic acids is 2. The summed E-state index contributed by atoms with van der Waals surface area (Å²) in [6.45, 7) is 2.78. The molecule has 54 heavy (non-hydrogen) atoms. The molecule has 0 aromatic rings. The highest BCUT2D eigenvalue weighted by molar-refractivity contribution is 7.47. The van der Waals surface area contributed by atoms with Gasteiger partial charge in [-0.2, -0.15) is 0 Å². The Labute approximate surface area is 328 Å². The fourth-order valence-electron chi connectivity index (χ4n) is 5.76. The molecule has 0 aromatic carbocycles. The Bertz CT molecular complexity index is 1020. The topological polar surface area (TPSA) is 172 Å². The summed E-state index contributed by atoms with van der Waals surface area (Å²) in [6, 6.07) is -1.52. The van der Waals surface area contributed by atoms with E-state index in [1.54, 1.807) is 0 Å². The third-order valence-electron chi connectivity index (χ3n) is 9.17. The predicted molar refractivity (Wildman–Crippen MR) is 217 cm³/mol. The molecule has 0 heterocycles. The second-order valence-electron chi connectivity index (χ2n) is 14.5. The zero-order valence-corrected chi connectivity index (χ0v) is 35.0. The van der Waals surface area contributed by atoms with Crippen LogP contribution in [0.4, 0.5) is 0 Å². The van der Waals surface area contributed by atoms with Gasteiger partial charge in [0.15, 0.2) is 6.10 Å². The third kappa shape index (κ3) is 36.9. The average Bonchev–Trinajstić information content (AvgIpc) is 3.14. The van der Waals surface area contributed by atoms with Crippen molar-refractivity contribution >= 4 is 25.7 Å². The van der Waals surface area contributed by atoms with Crippen molar-refractivity contribution in [2.75, 3.05) is 19.8 Å². The summed E-state index contributed by atoms with van der Waals surface area (Å²) in [5, 5.41) is 8.88. The number of carboxylic acid groups (broad SMARTS) is 1. The number of nitrogens with two attached hydrogens (primary N) is 1. The van der Waals surface area contributed by atoms with E-state index in [1.165, 1.54) is 77.0 Å². The van der Waals surface area contributed by atoms with Crippen molar-refractivity contribution < 1.29 is 47.5 Å². The molecule has 0 spiro atoms. The Hall–Kier alpha value is -2.04. The molecule has 0 aliphatic heterocycles. The molecule has 0 saturated heterocycles. The number of allylic oxidation sites excluding steroid dienone is 4. The summed E-state index contributed by atoms with van der Waals surface area (Å²) < 4.78 is 32.6. The van der Waals surface area contributed by atoms with Crippen LogP contribution in [0.5, 0.6) is 0 Å². The Morgan fingerprint density at radius 3 is 1.35 bits per heavy atom. The smallest absolute Gasteiger partial charge is 0.472 e. The summed E-state index contributed by atoms with van der Waals surface area (Å²) in [6.07, 6.45) is 38.1. The van der Waals surface area contributed by atoms with Gasteiger partial charge in [-0.25, -0.2) is 4.57 Å². The molecule has 0 aromatic heterocycles. The number of carbonyl (C=O) groups is 3. The molecule has 0 aliphatic rings. The van der Waals surface area contributed by atoms with Crippen LogP contribution in [0.15, 0.2) is 24.3 Å². The highest BCUT2D eigenvalue weighted by Gasteiger charge is 2.28. The molecule has 316 valence electrons. The largest absolute Gasteiger partial charge is 0.480 e. The number of hydrogen-bond donors (Lipinski definition) is 3. The molecular weight excluding hydrogens is 709 g/mol. The average molecular weight is 788 g/mol. The van der Waals surface area contributed by atoms with Crippen LogP contribution in [0.25, 0.3) is 0 Å². The molecule has 4 N–H and O–H groups in total. The molecule has 0 bridgehead atoms. The minimum atomic E-state index is -4.71.